The molecule has 1 unspecified atom stereocenters. The fourth-order valence-corrected chi connectivity index (χ4v) is 1.69. The van der Waals surface area contributed by atoms with Gasteiger partial charge in [-0.3, -0.25) is 4.79 Å². The van der Waals surface area contributed by atoms with Gasteiger partial charge in [0.15, 0.2) is 0 Å². The molecule has 0 fully saturated rings. The summed E-state index contributed by atoms with van der Waals surface area (Å²) < 4.78 is 0. The van der Waals surface area contributed by atoms with Crippen molar-refractivity contribution in [2.24, 2.45) is 5.92 Å². The van der Waals surface area contributed by atoms with E-state index in [0.29, 0.717) is 24.6 Å². The first kappa shape index (κ1) is 15.1. The molecule has 0 spiro atoms. The highest BCUT2D eigenvalue weighted by Gasteiger charge is 2.17. The van der Waals surface area contributed by atoms with Crippen LogP contribution in [0.2, 0.25) is 0 Å². The quantitative estimate of drug-likeness (QED) is 0.855. The Balaban J connectivity index is 2.82. The van der Waals surface area contributed by atoms with E-state index in [2.05, 4.69) is 18.8 Å². The molecule has 1 amide bonds. The van der Waals surface area contributed by atoms with Crippen molar-refractivity contribution in [3.8, 4) is 0 Å². The second kappa shape index (κ2) is 6.87. The number of carboxylic acid groups (broad SMARTS) is 1. The lowest BCUT2D eigenvalue weighted by molar-refractivity contribution is 0.0686. The Labute approximate surface area is 113 Å². The first-order valence-electron chi connectivity index (χ1n) is 6.48. The van der Waals surface area contributed by atoms with Gasteiger partial charge in [0.05, 0.1) is 5.56 Å². The molecular weight excluding hydrogens is 244 g/mol. The molecular formula is C14H20N2O3. The molecule has 0 saturated carbocycles. The summed E-state index contributed by atoms with van der Waals surface area (Å²) in [6.07, 6.45) is 2.34. The summed E-state index contributed by atoms with van der Waals surface area (Å²) >= 11 is 0. The van der Waals surface area contributed by atoms with Crippen molar-refractivity contribution in [1.29, 1.82) is 0 Å². The topological polar surface area (TPSA) is 70.5 Å². The zero-order valence-corrected chi connectivity index (χ0v) is 11.6. The van der Waals surface area contributed by atoms with E-state index in [1.165, 1.54) is 18.3 Å². The summed E-state index contributed by atoms with van der Waals surface area (Å²) in [6.45, 7) is 7.45. The number of amides is 1. The van der Waals surface area contributed by atoms with Gasteiger partial charge >= 0.3 is 5.97 Å². The van der Waals surface area contributed by atoms with Crippen LogP contribution in [-0.4, -0.2) is 40.0 Å². The molecule has 0 aromatic carbocycles. The van der Waals surface area contributed by atoms with E-state index in [0.717, 1.165) is 6.42 Å². The van der Waals surface area contributed by atoms with Crippen LogP contribution in [0.15, 0.2) is 18.3 Å². The molecule has 1 heterocycles. The van der Waals surface area contributed by atoms with Crippen LogP contribution in [0.3, 0.4) is 0 Å². The second-order valence-electron chi connectivity index (χ2n) is 4.59. The van der Waals surface area contributed by atoms with E-state index in [9.17, 15) is 9.59 Å². The van der Waals surface area contributed by atoms with Crippen LogP contribution in [0, 0.1) is 5.92 Å². The Morgan fingerprint density at radius 3 is 2.47 bits per heavy atom. The van der Waals surface area contributed by atoms with Crippen molar-refractivity contribution in [3.63, 3.8) is 0 Å². The molecule has 0 saturated heterocycles. The van der Waals surface area contributed by atoms with Gasteiger partial charge < -0.3 is 10.0 Å². The molecule has 0 radical (unpaired) electrons. The predicted molar refractivity (Wildman–Crippen MR) is 72.2 cm³/mol. The first-order chi connectivity index (χ1) is 8.99. The highest BCUT2D eigenvalue weighted by molar-refractivity contribution is 5.94. The largest absolute Gasteiger partial charge is 0.477 e. The third-order valence-corrected chi connectivity index (χ3v) is 3.13. The maximum Gasteiger partial charge on any atom is 0.354 e. The summed E-state index contributed by atoms with van der Waals surface area (Å²) in [5.74, 6) is -0.756. The van der Waals surface area contributed by atoms with E-state index in [1.54, 1.807) is 4.90 Å². The monoisotopic (exact) mass is 264 g/mol. The first-order valence-corrected chi connectivity index (χ1v) is 6.48. The summed E-state index contributed by atoms with van der Waals surface area (Å²) in [7, 11) is 0. The summed E-state index contributed by atoms with van der Waals surface area (Å²) in [5.41, 5.74) is 0.372. The van der Waals surface area contributed by atoms with Crippen LogP contribution >= 0.6 is 0 Å². The summed E-state index contributed by atoms with van der Waals surface area (Å²) in [5, 5.41) is 8.76. The van der Waals surface area contributed by atoms with Crippen molar-refractivity contribution in [3.05, 3.63) is 29.6 Å². The zero-order chi connectivity index (χ0) is 14.4. The van der Waals surface area contributed by atoms with Crippen LogP contribution < -0.4 is 0 Å². The number of carboxylic acids is 1. The number of aromatic nitrogens is 1. The van der Waals surface area contributed by atoms with Crippen LogP contribution in [-0.2, 0) is 0 Å². The Morgan fingerprint density at radius 1 is 1.37 bits per heavy atom. The Bertz CT molecular complexity index is 443. The minimum atomic E-state index is -1.09. The maximum atomic E-state index is 12.2. The molecule has 1 N–H and O–H groups in total. The standard InChI is InChI=1S/C14H20N2O3/c1-4-10(3)9-16(5-2)13(17)11-6-7-12(14(18)19)15-8-11/h6-8,10H,4-5,9H2,1-3H3,(H,18,19). The lowest BCUT2D eigenvalue weighted by atomic mass is 10.1. The Hall–Kier alpha value is -1.91. The van der Waals surface area contributed by atoms with Crippen molar-refractivity contribution in [2.75, 3.05) is 13.1 Å². The molecule has 1 aromatic rings. The van der Waals surface area contributed by atoms with Crippen molar-refractivity contribution in [1.82, 2.24) is 9.88 Å². The van der Waals surface area contributed by atoms with E-state index < -0.39 is 5.97 Å². The lowest BCUT2D eigenvalue weighted by Gasteiger charge is -2.24. The van der Waals surface area contributed by atoms with E-state index in [-0.39, 0.29) is 11.6 Å². The van der Waals surface area contributed by atoms with Gasteiger partial charge in [0.25, 0.3) is 5.91 Å². The maximum absolute atomic E-state index is 12.2. The average Bonchev–Trinajstić information content (AvgIpc) is 2.43. The number of nitrogens with zero attached hydrogens (tertiary/aromatic N) is 2. The van der Waals surface area contributed by atoms with Gasteiger partial charge in [-0.25, -0.2) is 9.78 Å². The molecule has 0 aliphatic rings. The lowest BCUT2D eigenvalue weighted by Crippen LogP contribution is -2.34. The zero-order valence-electron chi connectivity index (χ0n) is 11.6. The number of carbonyl (C=O) groups is 2. The smallest absolute Gasteiger partial charge is 0.354 e. The molecule has 1 atom stereocenters. The summed E-state index contributed by atoms with van der Waals surface area (Å²) in [6, 6.07) is 2.87. The molecule has 19 heavy (non-hydrogen) atoms. The van der Waals surface area contributed by atoms with Crippen molar-refractivity contribution >= 4 is 11.9 Å². The molecule has 1 aromatic heterocycles. The van der Waals surface area contributed by atoms with Crippen molar-refractivity contribution in [2.45, 2.75) is 27.2 Å². The van der Waals surface area contributed by atoms with E-state index >= 15 is 0 Å². The number of aromatic carboxylic acids is 1. The fourth-order valence-electron chi connectivity index (χ4n) is 1.69. The highest BCUT2D eigenvalue weighted by Crippen LogP contribution is 2.09. The van der Waals surface area contributed by atoms with Crippen molar-refractivity contribution < 1.29 is 14.7 Å². The number of carbonyl (C=O) groups excluding carboxylic acids is 1. The van der Waals surface area contributed by atoms with Gasteiger partial charge in [0, 0.05) is 19.3 Å². The fraction of sp³-hybridized carbons (Fsp3) is 0.500. The van der Waals surface area contributed by atoms with Gasteiger partial charge in [-0.2, -0.15) is 0 Å². The molecule has 0 aliphatic heterocycles. The van der Waals surface area contributed by atoms with E-state index in [1.807, 2.05) is 6.92 Å². The van der Waals surface area contributed by atoms with Gasteiger partial charge in [0.2, 0.25) is 0 Å². The second-order valence-corrected chi connectivity index (χ2v) is 4.59. The third-order valence-electron chi connectivity index (χ3n) is 3.13. The molecule has 5 nitrogen and oxygen atoms in total. The van der Waals surface area contributed by atoms with Gasteiger partial charge in [-0.1, -0.05) is 20.3 Å². The van der Waals surface area contributed by atoms with Crippen LogP contribution in [0.4, 0.5) is 0 Å². The summed E-state index contributed by atoms with van der Waals surface area (Å²) in [4.78, 5) is 28.5. The van der Waals surface area contributed by atoms with Crippen LogP contribution in [0.25, 0.3) is 0 Å². The van der Waals surface area contributed by atoms with Gasteiger partial charge in [-0.05, 0) is 25.0 Å². The highest BCUT2D eigenvalue weighted by atomic mass is 16.4. The minimum absolute atomic E-state index is 0.0541. The molecule has 0 aliphatic carbocycles. The van der Waals surface area contributed by atoms with Gasteiger partial charge in [0.1, 0.15) is 5.69 Å². The minimum Gasteiger partial charge on any atom is -0.477 e. The molecule has 0 bridgehead atoms. The third kappa shape index (κ3) is 4.05. The van der Waals surface area contributed by atoms with Crippen LogP contribution in [0.1, 0.15) is 48.0 Å². The number of rotatable bonds is 6. The number of pyridine rings is 1. The van der Waals surface area contributed by atoms with Gasteiger partial charge in [-0.15, -0.1) is 0 Å². The molecule has 104 valence electrons. The molecule has 5 heteroatoms. The average molecular weight is 264 g/mol. The Morgan fingerprint density at radius 2 is 2.05 bits per heavy atom. The normalized spacial score (nSPS) is 11.9. The number of hydrogen-bond donors (Lipinski definition) is 1. The SMILES string of the molecule is CCC(C)CN(CC)C(=O)c1ccc(C(=O)O)nc1. The molecule has 1 rings (SSSR count). The Kier molecular flexibility index (Phi) is 5.48. The van der Waals surface area contributed by atoms with Crippen LogP contribution in [0.5, 0.6) is 0 Å². The van der Waals surface area contributed by atoms with E-state index in [4.69, 9.17) is 5.11 Å². The number of hydrogen-bond acceptors (Lipinski definition) is 3. The predicted octanol–water partition coefficient (Wildman–Crippen LogP) is 2.29.